The van der Waals surface area contributed by atoms with Crippen LogP contribution in [0.2, 0.25) is 5.02 Å². The predicted molar refractivity (Wildman–Crippen MR) is 159 cm³/mol. The number of nitrogens with one attached hydrogen (secondary N) is 1. The van der Waals surface area contributed by atoms with Gasteiger partial charge in [0.25, 0.3) is 10.0 Å². The number of aryl methyl sites for hydroxylation is 2. The van der Waals surface area contributed by atoms with Crippen molar-refractivity contribution in [3.05, 3.63) is 94.5 Å². The Hall–Kier alpha value is -3.36. The first-order valence-electron chi connectivity index (χ1n) is 13.6. The molecule has 0 aromatic heterocycles. The number of hydrogen-bond donors (Lipinski definition) is 1. The average molecular weight is 582 g/mol. The first kappa shape index (κ1) is 29.6. The number of amides is 2. The quantitative estimate of drug-likeness (QED) is 0.336. The van der Waals surface area contributed by atoms with Crippen molar-refractivity contribution in [2.75, 3.05) is 10.8 Å². The van der Waals surface area contributed by atoms with Crippen molar-refractivity contribution in [2.24, 2.45) is 0 Å². The van der Waals surface area contributed by atoms with Crippen molar-refractivity contribution in [2.45, 2.75) is 70.0 Å². The summed E-state index contributed by atoms with van der Waals surface area (Å²) in [7, 11) is -4.10. The number of hydrogen-bond acceptors (Lipinski definition) is 4. The van der Waals surface area contributed by atoms with Crippen LogP contribution in [0, 0.1) is 13.8 Å². The van der Waals surface area contributed by atoms with Gasteiger partial charge < -0.3 is 10.2 Å². The second-order valence-electron chi connectivity index (χ2n) is 10.4. The summed E-state index contributed by atoms with van der Waals surface area (Å²) in [6, 6.07) is 19.8. The van der Waals surface area contributed by atoms with Gasteiger partial charge in [0.1, 0.15) is 12.6 Å². The van der Waals surface area contributed by atoms with Gasteiger partial charge in [-0.1, -0.05) is 78.5 Å². The highest BCUT2D eigenvalue weighted by Crippen LogP contribution is 2.29. The average Bonchev–Trinajstić information content (AvgIpc) is 3.44. The maximum atomic E-state index is 14.1. The molecule has 1 fully saturated rings. The van der Waals surface area contributed by atoms with Crippen LogP contribution in [0.3, 0.4) is 0 Å². The van der Waals surface area contributed by atoms with Crippen molar-refractivity contribution in [3.8, 4) is 0 Å². The van der Waals surface area contributed by atoms with Crippen LogP contribution in [0.15, 0.2) is 77.7 Å². The standard InChI is InChI=1S/C31H36ClN3O4S/c1-22-17-18-29(23(2)19-22)35(40(38,39)27-14-5-4-6-15-27)21-30(36)34(20-25-11-7-10-16-28(25)32)24(3)31(37)33-26-12-8-9-13-26/h4-7,10-11,14-19,24,26H,8-9,12-13,20-21H2,1-3H3,(H,33,37)/t24-/m0/s1. The van der Waals surface area contributed by atoms with Gasteiger partial charge in [-0.05, 0) is 69.0 Å². The molecule has 40 heavy (non-hydrogen) atoms. The first-order chi connectivity index (χ1) is 19.1. The van der Waals surface area contributed by atoms with Crippen molar-refractivity contribution >= 4 is 39.1 Å². The molecule has 0 aliphatic heterocycles. The fourth-order valence-electron chi connectivity index (χ4n) is 5.10. The van der Waals surface area contributed by atoms with Crippen LogP contribution in [0.5, 0.6) is 0 Å². The largest absolute Gasteiger partial charge is 0.352 e. The maximum Gasteiger partial charge on any atom is 0.264 e. The number of anilines is 1. The highest BCUT2D eigenvalue weighted by molar-refractivity contribution is 7.92. The summed E-state index contributed by atoms with van der Waals surface area (Å²) in [5.41, 5.74) is 2.77. The molecule has 0 saturated heterocycles. The summed E-state index contributed by atoms with van der Waals surface area (Å²) < 4.78 is 29.0. The molecule has 3 aromatic carbocycles. The maximum absolute atomic E-state index is 14.1. The molecule has 9 heteroatoms. The van der Waals surface area contributed by atoms with Crippen molar-refractivity contribution in [1.29, 1.82) is 0 Å². The molecule has 0 heterocycles. The van der Waals surface area contributed by atoms with Crippen LogP contribution in [0.4, 0.5) is 5.69 Å². The van der Waals surface area contributed by atoms with Gasteiger partial charge >= 0.3 is 0 Å². The van der Waals surface area contributed by atoms with E-state index < -0.39 is 28.5 Å². The van der Waals surface area contributed by atoms with Gasteiger partial charge in [0.15, 0.2) is 0 Å². The van der Waals surface area contributed by atoms with Crippen LogP contribution >= 0.6 is 11.6 Å². The monoisotopic (exact) mass is 581 g/mol. The zero-order valence-electron chi connectivity index (χ0n) is 23.1. The molecular formula is C31H36ClN3O4S. The van der Waals surface area contributed by atoms with Crippen LogP contribution in [0.25, 0.3) is 0 Å². The molecule has 212 valence electrons. The SMILES string of the molecule is Cc1ccc(N(CC(=O)N(Cc2ccccc2Cl)[C@@H](C)C(=O)NC2CCCC2)S(=O)(=O)c2ccccc2)c(C)c1. The molecule has 0 unspecified atom stereocenters. The number of benzene rings is 3. The molecule has 3 aromatic rings. The van der Waals surface area contributed by atoms with Gasteiger partial charge in [-0.15, -0.1) is 0 Å². The Kier molecular flexibility index (Phi) is 9.53. The zero-order valence-corrected chi connectivity index (χ0v) is 24.7. The summed E-state index contributed by atoms with van der Waals surface area (Å²) in [6.07, 6.45) is 3.94. The molecule has 0 radical (unpaired) electrons. The normalized spacial score (nSPS) is 14.5. The summed E-state index contributed by atoms with van der Waals surface area (Å²) in [5, 5.41) is 3.54. The minimum Gasteiger partial charge on any atom is -0.352 e. The van der Waals surface area contributed by atoms with E-state index >= 15 is 0 Å². The molecule has 1 N–H and O–H groups in total. The second kappa shape index (κ2) is 12.9. The number of rotatable bonds is 10. The predicted octanol–water partition coefficient (Wildman–Crippen LogP) is 5.63. The summed E-state index contributed by atoms with van der Waals surface area (Å²) in [6.45, 7) is 5.00. The molecule has 1 aliphatic rings. The van der Waals surface area contributed by atoms with Crippen LogP contribution < -0.4 is 9.62 Å². The van der Waals surface area contributed by atoms with Crippen LogP contribution in [0.1, 0.15) is 49.3 Å². The molecule has 7 nitrogen and oxygen atoms in total. The third-order valence-corrected chi connectivity index (χ3v) is 9.54. The van der Waals surface area contributed by atoms with E-state index in [1.165, 1.54) is 17.0 Å². The Morgan fingerprint density at radius 1 is 0.975 bits per heavy atom. The van der Waals surface area contributed by atoms with Gasteiger partial charge in [-0.25, -0.2) is 8.42 Å². The summed E-state index contributed by atoms with van der Waals surface area (Å²) in [4.78, 5) is 28.9. The van der Waals surface area contributed by atoms with E-state index in [0.29, 0.717) is 16.3 Å². The van der Waals surface area contributed by atoms with Crippen molar-refractivity contribution in [1.82, 2.24) is 10.2 Å². The van der Waals surface area contributed by atoms with Gasteiger partial charge in [0, 0.05) is 17.6 Å². The van der Waals surface area contributed by atoms with Crippen LogP contribution in [-0.2, 0) is 26.2 Å². The molecule has 1 saturated carbocycles. The molecule has 1 aliphatic carbocycles. The second-order valence-corrected chi connectivity index (χ2v) is 12.7. The lowest BCUT2D eigenvalue weighted by Crippen LogP contribution is -2.52. The smallest absolute Gasteiger partial charge is 0.264 e. The lowest BCUT2D eigenvalue weighted by molar-refractivity contribution is -0.139. The minimum absolute atomic E-state index is 0.0594. The van der Waals surface area contributed by atoms with E-state index in [1.807, 2.05) is 32.0 Å². The molecule has 1 atom stereocenters. The number of sulfonamides is 1. The Morgan fingerprint density at radius 2 is 1.62 bits per heavy atom. The van der Waals surface area contributed by atoms with E-state index in [0.717, 1.165) is 41.1 Å². The molecule has 2 amide bonds. The lowest BCUT2D eigenvalue weighted by Gasteiger charge is -2.33. The highest BCUT2D eigenvalue weighted by Gasteiger charge is 2.34. The van der Waals surface area contributed by atoms with E-state index in [9.17, 15) is 18.0 Å². The first-order valence-corrected chi connectivity index (χ1v) is 15.4. The Bertz CT molecular complexity index is 1460. The van der Waals surface area contributed by atoms with Crippen LogP contribution in [-0.4, -0.2) is 43.8 Å². The number of nitrogens with zero attached hydrogens (tertiary/aromatic N) is 2. The lowest BCUT2D eigenvalue weighted by atomic mass is 10.1. The fraction of sp³-hybridized carbons (Fsp3) is 0.355. The summed E-state index contributed by atoms with van der Waals surface area (Å²) in [5.74, 6) is -0.773. The van der Waals surface area contributed by atoms with Gasteiger partial charge in [-0.3, -0.25) is 13.9 Å². The minimum atomic E-state index is -4.10. The van der Waals surface area contributed by atoms with E-state index in [4.69, 9.17) is 11.6 Å². The van der Waals surface area contributed by atoms with E-state index in [-0.39, 0.29) is 23.4 Å². The fourth-order valence-corrected chi connectivity index (χ4v) is 6.80. The van der Waals surface area contributed by atoms with Crippen molar-refractivity contribution < 1.29 is 18.0 Å². The number of carbonyl (C=O) groups is 2. The Labute approximate surface area is 242 Å². The third-order valence-electron chi connectivity index (χ3n) is 7.40. The summed E-state index contributed by atoms with van der Waals surface area (Å²) >= 11 is 6.44. The highest BCUT2D eigenvalue weighted by atomic mass is 35.5. The zero-order chi connectivity index (χ0) is 28.9. The Morgan fingerprint density at radius 3 is 2.27 bits per heavy atom. The number of halogens is 1. The molecule has 0 bridgehead atoms. The molecular weight excluding hydrogens is 546 g/mol. The molecule has 0 spiro atoms. The van der Waals surface area contributed by atoms with Gasteiger partial charge in [-0.2, -0.15) is 0 Å². The molecule has 4 rings (SSSR count). The van der Waals surface area contributed by atoms with Gasteiger partial charge in [0.2, 0.25) is 11.8 Å². The van der Waals surface area contributed by atoms with E-state index in [1.54, 1.807) is 49.4 Å². The van der Waals surface area contributed by atoms with Gasteiger partial charge in [0.05, 0.1) is 10.6 Å². The van der Waals surface area contributed by atoms with Crippen molar-refractivity contribution in [3.63, 3.8) is 0 Å². The topological polar surface area (TPSA) is 86.8 Å². The van der Waals surface area contributed by atoms with E-state index in [2.05, 4.69) is 5.32 Å². The third kappa shape index (κ3) is 6.85. The number of carbonyl (C=O) groups excluding carboxylic acids is 2. The Balaban J connectivity index is 1.71.